The summed E-state index contributed by atoms with van der Waals surface area (Å²) in [6, 6.07) is 6.61. The number of hydrogen-bond acceptors (Lipinski definition) is 4. The van der Waals surface area contributed by atoms with Crippen molar-refractivity contribution in [1.82, 2.24) is 9.62 Å². The standard InChI is InChI=1S/C13H19N3O2S/c1-4-16(3)8-7-15-19(17,18)13-9-12(10-14)6-5-11(13)2/h5-6,9,15H,4,7-8H2,1-3H3. The molecule has 0 amide bonds. The van der Waals surface area contributed by atoms with Crippen molar-refractivity contribution in [3.8, 4) is 6.07 Å². The second kappa shape index (κ2) is 6.66. The maximum atomic E-state index is 12.2. The second-order valence-electron chi connectivity index (χ2n) is 4.39. The van der Waals surface area contributed by atoms with E-state index in [0.29, 0.717) is 24.2 Å². The molecule has 0 spiro atoms. The predicted octanol–water partition coefficient (Wildman–Crippen LogP) is 1.10. The SMILES string of the molecule is CCN(C)CCNS(=O)(=O)c1cc(C#N)ccc1C. The van der Waals surface area contributed by atoms with E-state index in [2.05, 4.69) is 4.72 Å². The fourth-order valence-electron chi connectivity index (χ4n) is 1.57. The number of nitrogens with one attached hydrogen (secondary N) is 1. The molecule has 104 valence electrons. The van der Waals surface area contributed by atoms with E-state index in [1.165, 1.54) is 6.07 Å². The normalized spacial score (nSPS) is 11.5. The molecule has 19 heavy (non-hydrogen) atoms. The summed E-state index contributed by atoms with van der Waals surface area (Å²) >= 11 is 0. The first-order chi connectivity index (χ1) is 8.90. The van der Waals surface area contributed by atoms with E-state index in [1.807, 2.05) is 24.9 Å². The molecular formula is C13H19N3O2S. The van der Waals surface area contributed by atoms with Crippen LogP contribution in [0.25, 0.3) is 0 Å². The molecule has 0 fully saturated rings. The Morgan fingerprint density at radius 2 is 2.11 bits per heavy atom. The summed E-state index contributed by atoms with van der Waals surface area (Å²) in [5.41, 5.74) is 0.979. The van der Waals surface area contributed by atoms with Gasteiger partial charge in [0.1, 0.15) is 0 Å². The molecule has 6 heteroatoms. The quantitative estimate of drug-likeness (QED) is 0.847. The fraction of sp³-hybridized carbons (Fsp3) is 0.462. The molecule has 0 radical (unpaired) electrons. The Morgan fingerprint density at radius 1 is 1.42 bits per heavy atom. The van der Waals surface area contributed by atoms with E-state index < -0.39 is 10.0 Å². The summed E-state index contributed by atoms with van der Waals surface area (Å²) in [5.74, 6) is 0. The maximum Gasteiger partial charge on any atom is 0.240 e. The number of likely N-dealkylation sites (N-methyl/N-ethyl adjacent to an activating group) is 1. The molecule has 1 N–H and O–H groups in total. The predicted molar refractivity (Wildman–Crippen MR) is 74.3 cm³/mol. The first-order valence-electron chi connectivity index (χ1n) is 6.09. The summed E-state index contributed by atoms with van der Waals surface area (Å²) in [4.78, 5) is 2.19. The Balaban J connectivity index is 2.86. The number of nitrogens with zero attached hydrogens (tertiary/aromatic N) is 2. The van der Waals surface area contributed by atoms with Crippen LogP contribution in [-0.2, 0) is 10.0 Å². The van der Waals surface area contributed by atoms with Crippen LogP contribution in [0.15, 0.2) is 23.1 Å². The molecule has 0 atom stereocenters. The van der Waals surface area contributed by atoms with E-state index in [1.54, 1.807) is 19.1 Å². The van der Waals surface area contributed by atoms with Crippen molar-refractivity contribution in [3.63, 3.8) is 0 Å². The van der Waals surface area contributed by atoms with Crippen LogP contribution in [0, 0.1) is 18.3 Å². The topological polar surface area (TPSA) is 73.2 Å². The average Bonchev–Trinajstić information content (AvgIpc) is 2.38. The molecule has 0 unspecified atom stereocenters. The van der Waals surface area contributed by atoms with E-state index in [-0.39, 0.29) is 4.90 Å². The molecule has 0 saturated heterocycles. The number of rotatable bonds is 6. The Labute approximate surface area is 114 Å². The smallest absolute Gasteiger partial charge is 0.240 e. The van der Waals surface area contributed by atoms with Crippen molar-refractivity contribution >= 4 is 10.0 Å². The van der Waals surface area contributed by atoms with E-state index in [0.717, 1.165) is 6.54 Å². The molecule has 1 rings (SSSR count). The number of aryl methyl sites for hydroxylation is 1. The van der Waals surface area contributed by atoms with Crippen LogP contribution in [0.5, 0.6) is 0 Å². The van der Waals surface area contributed by atoms with Gasteiger partial charge in [0.2, 0.25) is 10.0 Å². The fourth-order valence-corrected chi connectivity index (χ4v) is 2.86. The minimum absolute atomic E-state index is 0.172. The number of nitriles is 1. The van der Waals surface area contributed by atoms with Crippen LogP contribution in [0.3, 0.4) is 0 Å². The van der Waals surface area contributed by atoms with Crippen molar-refractivity contribution in [3.05, 3.63) is 29.3 Å². The minimum atomic E-state index is -3.56. The zero-order chi connectivity index (χ0) is 14.5. The molecule has 5 nitrogen and oxygen atoms in total. The van der Waals surface area contributed by atoms with Crippen LogP contribution >= 0.6 is 0 Å². The van der Waals surface area contributed by atoms with E-state index in [4.69, 9.17) is 5.26 Å². The number of sulfonamides is 1. The first kappa shape index (κ1) is 15.6. The largest absolute Gasteiger partial charge is 0.305 e. The molecule has 0 saturated carbocycles. The van der Waals surface area contributed by atoms with Crippen molar-refractivity contribution in [1.29, 1.82) is 5.26 Å². The Bertz CT molecular complexity index is 576. The van der Waals surface area contributed by atoms with Gasteiger partial charge < -0.3 is 4.90 Å². The molecule has 0 heterocycles. The molecule has 1 aromatic carbocycles. The number of hydrogen-bond donors (Lipinski definition) is 1. The second-order valence-corrected chi connectivity index (χ2v) is 6.12. The molecule has 0 aliphatic heterocycles. The van der Waals surface area contributed by atoms with Gasteiger partial charge in [0.25, 0.3) is 0 Å². The lowest BCUT2D eigenvalue weighted by molar-refractivity contribution is 0.358. The van der Waals surface area contributed by atoms with Crippen LogP contribution in [0.2, 0.25) is 0 Å². The molecule has 1 aromatic rings. The lowest BCUT2D eigenvalue weighted by atomic mass is 10.2. The minimum Gasteiger partial charge on any atom is -0.305 e. The van der Waals surface area contributed by atoms with Crippen molar-refractivity contribution in [2.24, 2.45) is 0 Å². The third-order valence-electron chi connectivity index (χ3n) is 2.93. The maximum absolute atomic E-state index is 12.2. The van der Waals surface area contributed by atoms with Gasteiger partial charge >= 0.3 is 0 Å². The zero-order valence-corrected chi connectivity index (χ0v) is 12.3. The van der Waals surface area contributed by atoms with Crippen LogP contribution < -0.4 is 4.72 Å². The van der Waals surface area contributed by atoms with Gasteiger partial charge in [-0.2, -0.15) is 5.26 Å². The molecule has 0 bridgehead atoms. The van der Waals surface area contributed by atoms with Crippen LogP contribution in [0.1, 0.15) is 18.1 Å². The summed E-state index contributed by atoms with van der Waals surface area (Å²) in [6.07, 6.45) is 0. The lowest BCUT2D eigenvalue weighted by Gasteiger charge is -2.15. The molecule has 0 aliphatic rings. The third-order valence-corrected chi connectivity index (χ3v) is 4.54. The first-order valence-corrected chi connectivity index (χ1v) is 7.58. The highest BCUT2D eigenvalue weighted by molar-refractivity contribution is 7.89. The Hall–Kier alpha value is -1.42. The van der Waals surface area contributed by atoms with Gasteiger partial charge in [-0.1, -0.05) is 13.0 Å². The van der Waals surface area contributed by atoms with Gasteiger partial charge in [0.15, 0.2) is 0 Å². The average molecular weight is 281 g/mol. The van der Waals surface area contributed by atoms with Gasteiger partial charge in [-0.25, -0.2) is 13.1 Å². The van der Waals surface area contributed by atoms with Gasteiger partial charge in [-0.3, -0.25) is 0 Å². The summed E-state index contributed by atoms with van der Waals surface area (Å²) in [5, 5.41) is 8.83. The van der Waals surface area contributed by atoms with E-state index >= 15 is 0 Å². The van der Waals surface area contributed by atoms with Crippen molar-refractivity contribution < 1.29 is 8.42 Å². The van der Waals surface area contributed by atoms with Gasteiger partial charge in [-0.15, -0.1) is 0 Å². The van der Waals surface area contributed by atoms with Crippen LogP contribution in [0.4, 0.5) is 0 Å². The molecule has 0 aromatic heterocycles. The van der Waals surface area contributed by atoms with Gasteiger partial charge in [0.05, 0.1) is 16.5 Å². The highest BCUT2D eigenvalue weighted by Crippen LogP contribution is 2.16. The summed E-state index contributed by atoms with van der Waals surface area (Å²) in [7, 11) is -1.63. The highest BCUT2D eigenvalue weighted by atomic mass is 32.2. The zero-order valence-electron chi connectivity index (χ0n) is 11.5. The van der Waals surface area contributed by atoms with Gasteiger partial charge in [0, 0.05) is 13.1 Å². The monoisotopic (exact) mass is 281 g/mol. The lowest BCUT2D eigenvalue weighted by Crippen LogP contribution is -2.33. The highest BCUT2D eigenvalue weighted by Gasteiger charge is 2.16. The Morgan fingerprint density at radius 3 is 2.68 bits per heavy atom. The third kappa shape index (κ3) is 4.31. The Kier molecular flexibility index (Phi) is 5.48. The summed E-state index contributed by atoms with van der Waals surface area (Å²) in [6.45, 7) is 5.59. The number of benzene rings is 1. The van der Waals surface area contributed by atoms with E-state index in [9.17, 15) is 8.42 Å². The molecular weight excluding hydrogens is 262 g/mol. The van der Waals surface area contributed by atoms with Crippen LogP contribution in [-0.4, -0.2) is 40.0 Å². The van der Waals surface area contributed by atoms with Crippen molar-refractivity contribution in [2.75, 3.05) is 26.7 Å². The summed E-state index contributed by atoms with van der Waals surface area (Å²) < 4.78 is 26.9. The van der Waals surface area contributed by atoms with Gasteiger partial charge in [-0.05, 0) is 38.2 Å². The van der Waals surface area contributed by atoms with Crippen molar-refractivity contribution in [2.45, 2.75) is 18.7 Å². The molecule has 0 aliphatic carbocycles.